The zero-order chi connectivity index (χ0) is 18.1. The Morgan fingerprint density at radius 2 is 1.96 bits per heavy atom. The summed E-state index contributed by atoms with van der Waals surface area (Å²) in [6.45, 7) is 3.21. The Hall–Kier alpha value is -2.02. The Labute approximate surface area is 154 Å². The summed E-state index contributed by atoms with van der Waals surface area (Å²) in [5, 5.41) is 7.03. The number of likely N-dealkylation sites (tertiary alicyclic amines) is 1. The minimum absolute atomic E-state index is 0.274. The van der Waals surface area contributed by atoms with E-state index in [1.807, 2.05) is 23.1 Å². The number of carbonyl (C=O) groups excluding carboxylic acids is 1. The zero-order valence-corrected chi connectivity index (χ0v) is 15.8. The van der Waals surface area contributed by atoms with Crippen molar-refractivity contribution in [2.75, 3.05) is 40.4 Å². The van der Waals surface area contributed by atoms with Crippen LogP contribution in [0.1, 0.15) is 24.8 Å². The van der Waals surface area contributed by atoms with E-state index in [4.69, 9.17) is 21.7 Å². The molecule has 2 N–H and O–H groups in total. The molecule has 0 aliphatic carbocycles. The highest BCUT2D eigenvalue weighted by molar-refractivity contribution is 7.80. The van der Waals surface area contributed by atoms with Crippen molar-refractivity contribution in [2.24, 2.45) is 0 Å². The molecule has 0 unspecified atom stereocenters. The van der Waals surface area contributed by atoms with Gasteiger partial charge in [0.15, 0.2) is 16.6 Å². The summed E-state index contributed by atoms with van der Waals surface area (Å²) in [4.78, 5) is 13.4. The molecule has 25 heavy (non-hydrogen) atoms. The van der Waals surface area contributed by atoms with Crippen molar-refractivity contribution in [1.29, 1.82) is 0 Å². The van der Waals surface area contributed by atoms with Crippen molar-refractivity contribution < 1.29 is 14.3 Å². The molecule has 138 valence electrons. The van der Waals surface area contributed by atoms with Gasteiger partial charge >= 0.3 is 0 Å². The Kier molecular flexibility index (Phi) is 7.78. The molecule has 1 amide bonds. The highest BCUT2D eigenvalue weighted by atomic mass is 32.1. The Balaban J connectivity index is 1.61. The molecule has 1 aromatic carbocycles. The maximum Gasteiger partial charge on any atom is 0.222 e. The maximum absolute atomic E-state index is 11.5. The van der Waals surface area contributed by atoms with Gasteiger partial charge in [0, 0.05) is 32.6 Å². The van der Waals surface area contributed by atoms with Crippen LogP contribution in [0.2, 0.25) is 0 Å². The molecule has 1 fully saturated rings. The summed E-state index contributed by atoms with van der Waals surface area (Å²) in [7, 11) is 3.26. The van der Waals surface area contributed by atoms with Gasteiger partial charge in [0.2, 0.25) is 5.91 Å². The Morgan fingerprint density at radius 1 is 1.20 bits per heavy atom. The monoisotopic (exact) mass is 365 g/mol. The smallest absolute Gasteiger partial charge is 0.222 e. The van der Waals surface area contributed by atoms with Gasteiger partial charge in [-0.25, -0.2) is 0 Å². The average molecular weight is 365 g/mol. The molecule has 0 spiro atoms. The highest BCUT2D eigenvalue weighted by Gasteiger charge is 2.18. The third-order valence-corrected chi connectivity index (χ3v) is 4.50. The normalized spacial score (nSPS) is 13.7. The van der Waals surface area contributed by atoms with Gasteiger partial charge in [-0.05, 0) is 49.2 Å². The minimum atomic E-state index is 0.274. The average Bonchev–Trinajstić information content (AvgIpc) is 3.03. The predicted molar refractivity (Wildman–Crippen MR) is 102 cm³/mol. The number of carbonyl (C=O) groups is 1. The van der Waals surface area contributed by atoms with Gasteiger partial charge in [-0.3, -0.25) is 4.79 Å². The van der Waals surface area contributed by atoms with E-state index in [9.17, 15) is 4.79 Å². The molecule has 1 aliphatic rings. The molecule has 0 aromatic heterocycles. The van der Waals surface area contributed by atoms with Crippen molar-refractivity contribution in [3.8, 4) is 11.5 Å². The van der Waals surface area contributed by atoms with E-state index in [1.54, 1.807) is 14.2 Å². The first-order valence-corrected chi connectivity index (χ1v) is 9.05. The van der Waals surface area contributed by atoms with E-state index >= 15 is 0 Å². The van der Waals surface area contributed by atoms with Crippen molar-refractivity contribution in [3.63, 3.8) is 0 Å². The van der Waals surface area contributed by atoms with Crippen LogP contribution in [-0.2, 0) is 11.2 Å². The summed E-state index contributed by atoms with van der Waals surface area (Å²) in [6, 6.07) is 5.90. The quantitative estimate of drug-likeness (QED) is 0.513. The summed E-state index contributed by atoms with van der Waals surface area (Å²) in [5.74, 6) is 1.74. The number of hydrogen-bond donors (Lipinski definition) is 2. The second-order valence-corrected chi connectivity index (χ2v) is 6.37. The molecule has 1 heterocycles. The molecule has 1 saturated heterocycles. The van der Waals surface area contributed by atoms with Crippen LogP contribution >= 0.6 is 12.2 Å². The first-order valence-electron chi connectivity index (χ1n) is 8.64. The highest BCUT2D eigenvalue weighted by Crippen LogP contribution is 2.27. The van der Waals surface area contributed by atoms with Crippen LogP contribution in [0.5, 0.6) is 11.5 Å². The number of hydrogen-bond acceptors (Lipinski definition) is 4. The van der Waals surface area contributed by atoms with Crippen molar-refractivity contribution in [3.05, 3.63) is 23.8 Å². The number of thiocarbonyl (C=S) groups is 1. The third kappa shape index (κ3) is 6.08. The maximum atomic E-state index is 11.5. The van der Waals surface area contributed by atoms with E-state index in [2.05, 4.69) is 10.6 Å². The van der Waals surface area contributed by atoms with Crippen LogP contribution in [-0.4, -0.2) is 56.3 Å². The number of nitrogens with one attached hydrogen (secondary N) is 2. The fraction of sp³-hybridized carbons (Fsp3) is 0.556. The van der Waals surface area contributed by atoms with Gasteiger partial charge in [-0.15, -0.1) is 0 Å². The van der Waals surface area contributed by atoms with E-state index in [0.29, 0.717) is 11.5 Å². The van der Waals surface area contributed by atoms with Crippen LogP contribution in [0, 0.1) is 0 Å². The van der Waals surface area contributed by atoms with Crippen LogP contribution in [0.3, 0.4) is 0 Å². The van der Waals surface area contributed by atoms with Crippen LogP contribution in [0.25, 0.3) is 0 Å². The number of methoxy groups -OCH3 is 2. The minimum Gasteiger partial charge on any atom is -0.493 e. The fourth-order valence-electron chi connectivity index (χ4n) is 2.83. The number of amides is 1. The third-order valence-electron chi connectivity index (χ3n) is 4.21. The van der Waals surface area contributed by atoms with Gasteiger partial charge in [-0.2, -0.15) is 0 Å². The molecule has 0 radical (unpaired) electrons. The Morgan fingerprint density at radius 3 is 2.64 bits per heavy atom. The van der Waals surface area contributed by atoms with Crippen LogP contribution < -0.4 is 20.1 Å². The van der Waals surface area contributed by atoms with Crippen LogP contribution in [0.15, 0.2) is 18.2 Å². The van der Waals surface area contributed by atoms with Gasteiger partial charge in [0.25, 0.3) is 0 Å². The molecule has 0 atom stereocenters. The van der Waals surface area contributed by atoms with E-state index < -0.39 is 0 Å². The molecule has 2 rings (SSSR count). The lowest BCUT2D eigenvalue weighted by molar-refractivity contribution is -0.127. The summed E-state index contributed by atoms with van der Waals surface area (Å²) >= 11 is 5.28. The van der Waals surface area contributed by atoms with Gasteiger partial charge < -0.3 is 25.0 Å². The lowest BCUT2D eigenvalue weighted by Gasteiger charge is -2.16. The second-order valence-electron chi connectivity index (χ2n) is 5.96. The molecule has 0 saturated carbocycles. The SMILES string of the molecule is COc1ccc(CCNC(=S)NCCCN2CCCC2=O)cc1OC. The predicted octanol–water partition coefficient (Wildman–Crippen LogP) is 1.72. The number of benzene rings is 1. The molecule has 7 heteroatoms. The standard InChI is InChI=1S/C18H27N3O3S/c1-23-15-7-6-14(13-16(15)24-2)8-10-20-18(25)19-9-4-12-21-11-3-5-17(21)22/h6-7,13H,3-5,8-12H2,1-2H3,(H2,19,20,25). The topological polar surface area (TPSA) is 62.8 Å². The summed E-state index contributed by atoms with van der Waals surface area (Å²) in [5.41, 5.74) is 1.15. The van der Waals surface area contributed by atoms with E-state index in [1.165, 1.54) is 0 Å². The lowest BCUT2D eigenvalue weighted by Crippen LogP contribution is -2.38. The van der Waals surface area contributed by atoms with E-state index in [0.717, 1.165) is 62.5 Å². The molecule has 0 bridgehead atoms. The van der Waals surface area contributed by atoms with Gasteiger partial charge in [0.1, 0.15) is 0 Å². The molecule has 1 aliphatic heterocycles. The van der Waals surface area contributed by atoms with Gasteiger partial charge in [0.05, 0.1) is 14.2 Å². The molecular weight excluding hydrogens is 338 g/mol. The first-order chi connectivity index (χ1) is 12.1. The zero-order valence-electron chi connectivity index (χ0n) is 15.0. The first kappa shape index (κ1) is 19.3. The Bertz CT molecular complexity index is 595. The van der Waals surface area contributed by atoms with Gasteiger partial charge in [-0.1, -0.05) is 6.07 Å². The largest absolute Gasteiger partial charge is 0.493 e. The van der Waals surface area contributed by atoms with E-state index in [-0.39, 0.29) is 5.91 Å². The summed E-state index contributed by atoms with van der Waals surface area (Å²) in [6.07, 6.45) is 3.43. The molecule has 1 aromatic rings. The second kappa shape index (κ2) is 10.1. The number of ether oxygens (including phenoxy) is 2. The van der Waals surface area contributed by atoms with Crippen molar-refractivity contribution in [2.45, 2.75) is 25.7 Å². The summed E-state index contributed by atoms with van der Waals surface area (Å²) < 4.78 is 10.5. The molecule has 6 nitrogen and oxygen atoms in total. The van der Waals surface area contributed by atoms with Crippen molar-refractivity contribution >= 4 is 23.2 Å². The molecular formula is C18H27N3O3S. The lowest BCUT2D eigenvalue weighted by atomic mass is 10.1. The fourth-order valence-corrected chi connectivity index (χ4v) is 3.04. The number of nitrogens with zero attached hydrogens (tertiary/aromatic N) is 1. The number of rotatable bonds is 9. The van der Waals surface area contributed by atoms with Crippen LogP contribution in [0.4, 0.5) is 0 Å². The van der Waals surface area contributed by atoms with Crippen molar-refractivity contribution in [1.82, 2.24) is 15.5 Å².